The molecule has 2 saturated heterocycles. The first kappa shape index (κ1) is 14.9. The van der Waals surface area contributed by atoms with Crippen molar-refractivity contribution in [2.45, 2.75) is 37.3 Å². The van der Waals surface area contributed by atoms with Crippen LogP contribution < -0.4 is 0 Å². The van der Waals surface area contributed by atoms with Crippen LogP contribution in [0.3, 0.4) is 0 Å². The third-order valence-electron chi connectivity index (χ3n) is 5.53. The summed E-state index contributed by atoms with van der Waals surface area (Å²) in [5, 5.41) is 0. The minimum atomic E-state index is 0.110. The van der Waals surface area contributed by atoms with E-state index in [9.17, 15) is 0 Å². The molecule has 1 atom stereocenters. The fraction of sp³-hybridized carbons (Fsp3) is 0.526. The zero-order valence-electron chi connectivity index (χ0n) is 13.8. The number of hydrogen-bond donors (Lipinski definition) is 0. The average molecular weight is 311 g/mol. The van der Waals surface area contributed by atoms with E-state index in [2.05, 4.69) is 51.8 Å². The zero-order chi connectivity index (χ0) is 15.7. The third-order valence-corrected chi connectivity index (χ3v) is 5.53. The summed E-state index contributed by atoms with van der Waals surface area (Å²) in [5.74, 6) is 1.72. The number of aromatic nitrogens is 2. The average Bonchev–Trinajstić information content (AvgIpc) is 3.18. The summed E-state index contributed by atoms with van der Waals surface area (Å²) in [4.78, 5) is 6.95. The van der Waals surface area contributed by atoms with Crippen molar-refractivity contribution >= 4 is 0 Å². The minimum Gasteiger partial charge on any atom is -0.374 e. The second-order valence-corrected chi connectivity index (χ2v) is 7.04. The number of nitrogens with zero attached hydrogens (tertiary/aromatic N) is 3. The van der Waals surface area contributed by atoms with Crippen molar-refractivity contribution in [1.82, 2.24) is 14.5 Å². The fourth-order valence-corrected chi connectivity index (χ4v) is 4.00. The summed E-state index contributed by atoms with van der Waals surface area (Å²) in [5.41, 5.74) is 1.54. The monoisotopic (exact) mass is 311 g/mol. The van der Waals surface area contributed by atoms with Gasteiger partial charge in [-0.1, -0.05) is 30.3 Å². The van der Waals surface area contributed by atoms with Crippen LogP contribution in [0.4, 0.5) is 0 Å². The van der Waals surface area contributed by atoms with Crippen LogP contribution in [-0.4, -0.2) is 39.7 Å². The number of piperidine rings is 1. The molecule has 1 spiro atoms. The summed E-state index contributed by atoms with van der Waals surface area (Å²) < 4.78 is 8.42. The van der Waals surface area contributed by atoms with Gasteiger partial charge >= 0.3 is 0 Å². The van der Waals surface area contributed by atoms with Crippen molar-refractivity contribution in [3.8, 4) is 0 Å². The van der Waals surface area contributed by atoms with Crippen LogP contribution in [0.5, 0.6) is 0 Å². The molecule has 2 aliphatic rings. The van der Waals surface area contributed by atoms with E-state index >= 15 is 0 Å². The number of hydrogen-bond acceptors (Lipinski definition) is 3. The van der Waals surface area contributed by atoms with Crippen LogP contribution in [-0.2, 0) is 18.3 Å². The lowest BCUT2D eigenvalue weighted by atomic mass is 9.83. The maximum absolute atomic E-state index is 6.31. The Morgan fingerprint density at radius 2 is 2.00 bits per heavy atom. The predicted octanol–water partition coefficient (Wildman–Crippen LogP) is 2.96. The predicted molar refractivity (Wildman–Crippen MR) is 90.2 cm³/mol. The van der Waals surface area contributed by atoms with Crippen molar-refractivity contribution in [3.63, 3.8) is 0 Å². The Morgan fingerprint density at radius 1 is 1.22 bits per heavy atom. The van der Waals surface area contributed by atoms with Gasteiger partial charge < -0.3 is 9.30 Å². The highest BCUT2D eigenvalue weighted by Crippen LogP contribution is 2.42. The van der Waals surface area contributed by atoms with Crippen LogP contribution in [0, 0.1) is 0 Å². The molecule has 4 nitrogen and oxygen atoms in total. The van der Waals surface area contributed by atoms with Gasteiger partial charge in [-0.15, -0.1) is 0 Å². The molecule has 0 saturated carbocycles. The van der Waals surface area contributed by atoms with Crippen molar-refractivity contribution in [2.75, 3.05) is 19.7 Å². The first-order valence-corrected chi connectivity index (χ1v) is 8.62. The van der Waals surface area contributed by atoms with Gasteiger partial charge in [-0.05, 0) is 24.8 Å². The molecule has 23 heavy (non-hydrogen) atoms. The molecule has 1 aromatic heterocycles. The molecular weight excluding hydrogens is 286 g/mol. The van der Waals surface area contributed by atoms with Crippen molar-refractivity contribution in [3.05, 3.63) is 54.1 Å². The second kappa shape index (κ2) is 6.10. The number of imidazole rings is 1. The molecule has 2 aromatic rings. The van der Waals surface area contributed by atoms with Crippen LogP contribution in [0.25, 0.3) is 0 Å². The van der Waals surface area contributed by atoms with Crippen LogP contribution in [0.2, 0.25) is 0 Å². The molecule has 0 aliphatic carbocycles. The summed E-state index contributed by atoms with van der Waals surface area (Å²) in [7, 11) is 2.07. The van der Waals surface area contributed by atoms with Gasteiger partial charge in [-0.2, -0.15) is 0 Å². The molecule has 3 heterocycles. The lowest BCUT2D eigenvalue weighted by Gasteiger charge is -2.38. The van der Waals surface area contributed by atoms with Gasteiger partial charge in [0.1, 0.15) is 5.82 Å². The fourth-order valence-electron chi connectivity index (χ4n) is 4.00. The highest BCUT2D eigenvalue weighted by Gasteiger charge is 2.42. The van der Waals surface area contributed by atoms with E-state index in [0.717, 1.165) is 44.9 Å². The van der Waals surface area contributed by atoms with E-state index in [4.69, 9.17) is 4.74 Å². The third kappa shape index (κ3) is 3.06. The Bertz CT molecular complexity index is 644. The topological polar surface area (TPSA) is 30.3 Å². The van der Waals surface area contributed by atoms with Crippen molar-refractivity contribution in [2.24, 2.45) is 7.05 Å². The first-order chi connectivity index (χ1) is 11.2. The first-order valence-electron chi connectivity index (χ1n) is 8.62. The Kier molecular flexibility index (Phi) is 3.95. The number of ether oxygens (including phenoxy) is 1. The molecule has 0 radical (unpaired) electrons. The number of rotatable bonds is 3. The minimum absolute atomic E-state index is 0.110. The maximum atomic E-state index is 6.31. The highest BCUT2D eigenvalue weighted by atomic mass is 16.5. The van der Waals surface area contributed by atoms with E-state index in [-0.39, 0.29) is 5.60 Å². The normalized spacial score (nSPS) is 24.3. The molecule has 0 bridgehead atoms. The smallest absolute Gasteiger partial charge is 0.122 e. The van der Waals surface area contributed by atoms with Gasteiger partial charge in [-0.25, -0.2) is 4.98 Å². The number of aryl methyl sites for hydroxylation is 1. The Balaban J connectivity index is 1.35. The Hall–Kier alpha value is -1.65. The quantitative estimate of drug-likeness (QED) is 0.873. The van der Waals surface area contributed by atoms with Gasteiger partial charge in [0.15, 0.2) is 0 Å². The maximum Gasteiger partial charge on any atom is 0.122 e. The van der Waals surface area contributed by atoms with Crippen LogP contribution in [0.1, 0.15) is 36.6 Å². The number of likely N-dealkylation sites (tertiary alicyclic amines) is 1. The second-order valence-electron chi connectivity index (χ2n) is 7.04. The molecule has 1 unspecified atom stereocenters. The molecule has 122 valence electrons. The molecule has 4 rings (SSSR count). The molecule has 0 N–H and O–H groups in total. The summed E-state index contributed by atoms with van der Waals surface area (Å²) in [6.07, 6.45) is 7.35. The van der Waals surface area contributed by atoms with E-state index in [0.29, 0.717) is 5.92 Å². The Morgan fingerprint density at radius 3 is 2.70 bits per heavy atom. The van der Waals surface area contributed by atoms with Gasteiger partial charge in [0.25, 0.3) is 0 Å². The summed E-state index contributed by atoms with van der Waals surface area (Å²) in [6.45, 7) is 4.04. The SMILES string of the molecule is Cn1ccnc1CN1CCC2(CC1)CC(c1ccccc1)CO2. The highest BCUT2D eigenvalue weighted by molar-refractivity contribution is 5.21. The molecule has 1 aromatic carbocycles. The Labute approximate surface area is 138 Å². The van der Waals surface area contributed by atoms with Crippen molar-refractivity contribution in [1.29, 1.82) is 0 Å². The van der Waals surface area contributed by atoms with E-state index in [1.54, 1.807) is 0 Å². The zero-order valence-corrected chi connectivity index (χ0v) is 13.8. The summed E-state index contributed by atoms with van der Waals surface area (Å²) >= 11 is 0. The van der Waals surface area contributed by atoms with Gasteiger partial charge in [0.05, 0.1) is 18.8 Å². The number of benzene rings is 1. The lowest BCUT2D eigenvalue weighted by Crippen LogP contribution is -2.44. The van der Waals surface area contributed by atoms with Gasteiger partial charge in [0.2, 0.25) is 0 Å². The molecule has 2 fully saturated rings. The van der Waals surface area contributed by atoms with Gasteiger partial charge in [-0.3, -0.25) is 4.90 Å². The lowest BCUT2D eigenvalue weighted by molar-refractivity contribution is -0.0453. The van der Waals surface area contributed by atoms with Gasteiger partial charge in [0, 0.05) is 38.4 Å². The molecule has 4 heteroatoms. The molecule has 0 amide bonds. The van der Waals surface area contributed by atoms with E-state index in [1.165, 1.54) is 12.0 Å². The van der Waals surface area contributed by atoms with Crippen LogP contribution >= 0.6 is 0 Å². The standard InChI is InChI=1S/C19H25N3O/c1-21-12-9-20-18(21)14-22-10-7-19(8-11-22)13-17(15-23-19)16-5-3-2-4-6-16/h2-6,9,12,17H,7-8,10-11,13-15H2,1H3. The molecular formula is C19H25N3O. The largest absolute Gasteiger partial charge is 0.374 e. The van der Waals surface area contributed by atoms with E-state index < -0.39 is 0 Å². The molecule has 2 aliphatic heterocycles. The van der Waals surface area contributed by atoms with Crippen LogP contribution in [0.15, 0.2) is 42.7 Å². The van der Waals surface area contributed by atoms with E-state index in [1.807, 2.05) is 12.4 Å². The van der Waals surface area contributed by atoms with Crippen molar-refractivity contribution < 1.29 is 4.74 Å². The summed E-state index contributed by atoms with van der Waals surface area (Å²) in [6, 6.07) is 10.8.